The Morgan fingerprint density at radius 3 is 2.68 bits per heavy atom. The summed E-state index contributed by atoms with van der Waals surface area (Å²) in [5.74, 6) is -1.57. The Morgan fingerprint density at radius 1 is 1.32 bits per heavy atom. The molecule has 0 fully saturated rings. The Hall–Kier alpha value is -2.83. The van der Waals surface area contributed by atoms with Crippen molar-refractivity contribution in [2.24, 2.45) is 0 Å². The fourth-order valence-electron chi connectivity index (χ4n) is 1.88. The molecule has 0 bridgehead atoms. The van der Waals surface area contributed by atoms with E-state index < -0.39 is 23.4 Å². The summed E-state index contributed by atoms with van der Waals surface area (Å²) in [6.45, 7) is 1.38. The van der Waals surface area contributed by atoms with Gasteiger partial charge in [0.2, 0.25) is 0 Å². The van der Waals surface area contributed by atoms with Gasteiger partial charge in [-0.3, -0.25) is 0 Å². The number of halogens is 1. The van der Waals surface area contributed by atoms with Crippen LogP contribution in [0.15, 0.2) is 47.1 Å². The van der Waals surface area contributed by atoms with E-state index >= 15 is 0 Å². The van der Waals surface area contributed by atoms with E-state index in [2.05, 4.69) is 10.6 Å². The van der Waals surface area contributed by atoms with E-state index in [0.717, 1.165) is 0 Å². The minimum Gasteiger partial charge on any atom is -0.479 e. The maximum absolute atomic E-state index is 13.0. The molecule has 0 saturated carbocycles. The molecule has 0 spiro atoms. The largest absolute Gasteiger partial charge is 0.479 e. The number of benzene rings is 1. The minimum absolute atomic E-state index is 0.0669. The lowest BCUT2D eigenvalue weighted by Gasteiger charge is -2.24. The van der Waals surface area contributed by atoms with Gasteiger partial charge in [0, 0.05) is 6.54 Å². The van der Waals surface area contributed by atoms with Crippen LogP contribution in [-0.2, 0) is 16.9 Å². The summed E-state index contributed by atoms with van der Waals surface area (Å²) in [4.78, 5) is 23.3. The van der Waals surface area contributed by atoms with E-state index in [1.54, 1.807) is 6.07 Å². The second-order valence-electron chi connectivity index (χ2n) is 4.85. The lowest BCUT2D eigenvalue weighted by atomic mass is 9.99. The maximum atomic E-state index is 13.0. The molecule has 2 rings (SSSR count). The average molecular weight is 306 g/mol. The van der Waals surface area contributed by atoms with Crippen molar-refractivity contribution < 1.29 is 23.5 Å². The summed E-state index contributed by atoms with van der Waals surface area (Å²) in [5, 5.41) is 14.1. The van der Waals surface area contributed by atoms with Gasteiger partial charge in [-0.15, -0.1) is 0 Å². The van der Waals surface area contributed by atoms with Gasteiger partial charge in [0.1, 0.15) is 11.6 Å². The van der Waals surface area contributed by atoms with Crippen LogP contribution in [0.5, 0.6) is 0 Å². The molecule has 3 N–H and O–H groups in total. The SMILES string of the molecule is C[C@](NC(=O)NCc1cccc(F)c1)(C(=O)O)c1ccco1. The number of aliphatic carboxylic acids is 1. The van der Waals surface area contributed by atoms with Crippen molar-refractivity contribution in [3.8, 4) is 0 Å². The zero-order chi connectivity index (χ0) is 16.2. The van der Waals surface area contributed by atoms with Crippen LogP contribution >= 0.6 is 0 Å². The molecule has 0 radical (unpaired) electrons. The number of rotatable bonds is 5. The number of hydrogen-bond acceptors (Lipinski definition) is 3. The predicted octanol–water partition coefficient (Wildman–Crippen LogP) is 2.22. The highest BCUT2D eigenvalue weighted by atomic mass is 19.1. The van der Waals surface area contributed by atoms with Crippen molar-refractivity contribution >= 4 is 12.0 Å². The molecule has 0 unspecified atom stereocenters. The quantitative estimate of drug-likeness (QED) is 0.790. The first-order chi connectivity index (χ1) is 10.4. The van der Waals surface area contributed by atoms with Crippen LogP contribution in [-0.4, -0.2) is 17.1 Å². The van der Waals surface area contributed by atoms with Crippen molar-refractivity contribution in [2.75, 3.05) is 0 Å². The highest BCUT2D eigenvalue weighted by Crippen LogP contribution is 2.21. The number of carbonyl (C=O) groups excluding carboxylic acids is 1. The molecular formula is C15H15FN2O4. The summed E-state index contributed by atoms with van der Waals surface area (Å²) in [6.07, 6.45) is 1.32. The normalized spacial score (nSPS) is 13.2. The molecule has 0 saturated heterocycles. The van der Waals surface area contributed by atoms with E-state index in [0.29, 0.717) is 5.56 Å². The van der Waals surface area contributed by atoms with Crippen LogP contribution in [0.2, 0.25) is 0 Å². The molecule has 0 aliphatic carbocycles. The van der Waals surface area contributed by atoms with Gasteiger partial charge in [0.25, 0.3) is 0 Å². The second kappa shape index (κ2) is 6.30. The average Bonchev–Trinajstić information content (AvgIpc) is 2.99. The predicted molar refractivity (Wildman–Crippen MR) is 75.5 cm³/mol. The van der Waals surface area contributed by atoms with E-state index in [1.165, 1.54) is 43.5 Å². The van der Waals surface area contributed by atoms with E-state index in [9.17, 15) is 19.1 Å². The number of hydrogen-bond donors (Lipinski definition) is 3. The third kappa shape index (κ3) is 3.43. The van der Waals surface area contributed by atoms with Gasteiger partial charge in [-0.05, 0) is 36.8 Å². The van der Waals surface area contributed by atoms with Crippen LogP contribution < -0.4 is 10.6 Å². The van der Waals surface area contributed by atoms with Crippen molar-refractivity contribution in [1.29, 1.82) is 0 Å². The number of urea groups is 1. The molecule has 2 amide bonds. The summed E-state index contributed by atoms with van der Waals surface area (Å²) >= 11 is 0. The van der Waals surface area contributed by atoms with Gasteiger partial charge in [0.05, 0.1) is 6.26 Å². The number of carboxylic acid groups (broad SMARTS) is 1. The Morgan fingerprint density at radius 2 is 2.09 bits per heavy atom. The zero-order valence-corrected chi connectivity index (χ0v) is 11.8. The van der Waals surface area contributed by atoms with Crippen LogP contribution in [0.3, 0.4) is 0 Å². The van der Waals surface area contributed by atoms with Crippen molar-refractivity contribution in [3.05, 3.63) is 59.8 Å². The van der Waals surface area contributed by atoms with Crippen LogP contribution in [0.25, 0.3) is 0 Å². The first-order valence-electron chi connectivity index (χ1n) is 6.49. The Kier molecular flexibility index (Phi) is 4.45. The second-order valence-corrected chi connectivity index (χ2v) is 4.85. The highest BCUT2D eigenvalue weighted by molar-refractivity contribution is 5.86. The van der Waals surface area contributed by atoms with E-state index in [4.69, 9.17) is 4.42 Å². The molecule has 2 aromatic rings. The monoisotopic (exact) mass is 306 g/mol. The Labute approximate surface area is 125 Å². The fraction of sp³-hybridized carbons (Fsp3) is 0.200. The molecule has 1 aromatic carbocycles. The third-order valence-electron chi connectivity index (χ3n) is 3.15. The summed E-state index contributed by atoms with van der Waals surface area (Å²) in [7, 11) is 0. The van der Waals surface area contributed by atoms with Crippen molar-refractivity contribution in [3.63, 3.8) is 0 Å². The van der Waals surface area contributed by atoms with Gasteiger partial charge in [-0.1, -0.05) is 12.1 Å². The molecule has 0 aliphatic rings. The number of amides is 2. The van der Waals surface area contributed by atoms with Gasteiger partial charge >= 0.3 is 12.0 Å². The molecule has 1 atom stereocenters. The van der Waals surface area contributed by atoms with Crippen molar-refractivity contribution in [2.45, 2.75) is 19.0 Å². The Bertz CT molecular complexity index is 672. The van der Waals surface area contributed by atoms with Gasteiger partial charge < -0.3 is 20.2 Å². The standard InChI is InChI=1S/C15H15FN2O4/c1-15(13(19)20,12-6-3-7-22-12)18-14(21)17-9-10-4-2-5-11(16)8-10/h2-8H,9H2,1H3,(H,19,20)(H2,17,18,21)/t15-/m1/s1. The lowest BCUT2D eigenvalue weighted by molar-refractivity contribution is -0.144. The molecule has 22 heavy (non-hydrogen) atoms. The number of carbonyl (C=O) groups is 2. The number of carboxylic acids is 1. The van der Waals surface area contributed by atoms with E-state index in [-0.39, 0.29) is 12.3 Å². The molecule has 1 aromatic heterocycles. The third-order valence-corrected chi connectivity index (χ3v) is 3.15. The van der Waals surface area contributed by atoms with Gasteiger partial charge in [0.15, 0.2) is 5.54 Å². The van der Waals surface area contributed by atoms with E-state index in [1.807, 2.05) is 0 Å². The molecule has 6 nitrogen and oxygen atoms in total. The fourth-order valence-corrected chi connectivity index (χ4v) is 1.88. The maximum Gasteiger partial charge on any atom is 0.337 e. The highest BCUT2D eigenvalue weighted by Gasteiger charge is 2.39. The van der Waals surface area contributed by atoms with Crippen molar-refractivity contribution in [1.82, 2.24) is 10.6 Å². The smallest absolute Gasteiger partial charge is 0.337 e. The first kappa shape index (κ1) is 15.6. The molecule has 0 aliphatic heterocycles. The molecule has 7 heteroatoms. The van der Waals surface area contributed by atoms with Crippen LogP contribution in [0.4, 0.5) is 9.18 Å². The van der Waals surface area contributed by atoms with Crippen LogP contribution in [0, 0.1) is 5.82 Å². The molecule has 1 heterocycles. The first-order valence-corrected chi connectivity index (χ1v) is 6.49. The van der Waals surface area contributed by atoms with Gasteiger partial charge in [-0.2, -0.15) is 0 Å². The minimum atomic E-state index is -1.70. The lowest BCUT2D eigenvalue weighted by Crippen LogP contribution is -2.52. The zero-order valence-electron chi connectivity index (χ0n) is 11.8. The number of furan rings is 1. The summed E-state index contributed by atoms with van der Waals surface area (Å²) in [5.41, 5.74) is -1.14. The summed E-state index contributed by atoms with van der Waals surface area (Å²) < 4.78 is 18.1. The van der Waals surface area contributed by atoms with Crippen LogP contribution in [0.1, 0.15) is 18.2 Å². The topological polar surface area (TPSA) is 91.6 Å². The Balaban J connectivity index is 2.02. The molecule has 116 valence electrons. The van der Waals surface area contributed by atoms with Gasteiger partial charge in [-0.25, -0.2) is 14.0 Å². The number of nitrogens with one attached hydrogen (secondary N) is 2. The molecular weight excluding hydrogens is 291 g/mol. The summed E-state index contributed by atoms with van der Waals surface area (Å²) in [6, 6.07) is 8.03.